The van der Waals surface area contributed by atoms with Gasteiger partial charge in [0, 0.05) is 32.5 Å². The lowest BCUT2D eigenvalue weighted by Gasteiger charge is -2.31. The van der Waals surface area contributed by atoms with Gasteiger partial charge in [0.1, 0.15) is 5.82 Å². The molecule has 0 bridgehead atoms. The molecule has 0 aliphatic carbocycles. The van der Waals surface area contributed by atoms with Crippen LogP contribution in [0.4, 0.5) is 16.4 Å². The van der Waals surface area contributed by atoms with Crippen LogP contribution in [-0.2, 0) is 9.47 Å². The molecule has 158 valence electrons. The molecule has 1 aliphatic rings. The third-order valence-corrected chi connectivity index (χ3v) is 5.05. The Morgan fingerprint density at radius 1 is 1.40 bits per heavy atom. The number of rotatable bonds is 6. The number of aromatic amines is 1. The molecule has 2 aromatic heterocycles. The summed E-state index contributed by atoms with van der Waals surface area (Å²) in [5.41, 5.74) is 1.78. The van der Waals surface area contributed by atoms with Crippen LogP contribution in [0.25, 0.3) is 10.9 Å². The van der Waals surface area contributed by atoms with E-state index in [2.05, 4.69) is 30.7 Å². The number of hydrogen-bond donors (Lipinski definition) is 3. The van der Waals surface area contributed by atoms with Crippen LogP contribution in [0.2, 0.25) is 0 Å². The van der Waals surface area contributed by atoms with E-state index >= 15 is 0 Å². The minimum atomic E-state index is -0.352. The van der Waals surface area contributed by atoms with Crippen molar-refractivity contribution in [2.75, 3.05) is 43.6 Å². The number of aromatic nitrogens is 3. The molecule has 9 heteroatoms. The summed E-state index contributed by atoms with van der Waals surface area (Å²) < 4.78 is 10.9. The van der Waals surface area contributed by atoms with Crippen molar-refractivity contribution in [3.63, 3.8) is 0 Å². The topological polar surface area (TPSA) is 104 Å². The average Bonchev–Trinajstić information content (AvgIpc) is 3.17. The smallest absolute Gasteiger partial charge is 0.320 e. The molecule has 3 heterocycles. The van der Waals surface area contributed by atoms with E-state index in [9.17, 15) is 4.79 Å². The first-order valence-electron chi connectivity index (χ1n) is 9.96. The standard InChI is InChI=1S/C21H26N6O3/c1-14-12-27(8-9-30-14)20-16-11-22-19(10-17(16)25-26-20)24-21(28)23-18(13-29-2)15-6-4-3-5-7-15/h3-7,10-11,14,18H,8-9,12-13H2,1-2H3,(H,25,26)(H2,22,23,24,28)/t14-,18+/m0/s1. The van der Waals surface area contributed by atoms with E-state index in [1.54, 1.807) is 19.4 Å². The van der Waals surface area contributed by atoms with Gasteiger partial charge in [0.15, 0.2) is 5.82 Å². The maximum absolute atomic E-state index is 12.5. The van der Waals surface area contributed by atoms with Crippen LogP contribution in [0.3, 0.4) is 0 Å². The number of anilines is 2. The first-order valence-corrected chi connectivity index (χ1v) is 9.96. The number of carbonyl (C=O) groups excluding carboxylic acids is 1. The van der Waals surface area contributed by atoms with E-state index < -0.39 is 0 Å². The predicted octanol–water partition coefficient (Wildman–Crippen LogP) is 2.69. The van der Waals surface area contributed by atoms with Gasteiger partial charge in [-0.25, -0.2) is 9.78 Å². The quantitative estimate of drug-likeness (QED) is 0.577. The van der Waals surface area contributed by atoms with Gasteiger partial charge in [-0.05, 0) is 12.5 Å². The Kier molecular flexibility index (Phi) is 6.10. The van der Waals surface area contributed by atoms with Crippen LogP contribution in [0, 0.1) is 0 Å². The van der Waals surface area contributed by atoms with Crippen LogP contribution >= 0.6 is 0 Å². The van der Waals surface area contributed by atoms with Crippen molar-refractivity contribution in [1.29, 1.82) is 0 Å². The van der Waals surface area contributed by atoms with E-state index in [1.165, 1.54) is 0 Å². The first-order chi connectivity index (χ1) is 14.6. The molecule has 30 heavy (non-hydrogen) atoms. The third-order valence-electron chi connectivity index (χ3n) is 5.05. The summed E-state index contributed by atoms with van der Waals surface area (Å²) in [6.45, 7) is 4.65. The fourth-order valence-electron chi connectivity index (χ4n) is 3.60. The number of hydrogen-bond acceptors (Lipinski definition) is 6. The van der Waals surface area contributed by atoms with E-state index in [1.807, 2.05) is 37.3 Å². The van der Waals surface area contributed by atoms with Gasteiger partial charge in [0.2, 0.25) is 0 Å². The van der Waals surface area contributed by atoms with Crippen LogP contribution in [0.1, 0.15) is 18.5 Å². The summed E-state index contributed by atoms with van der Waals surface area (Å²) in [6, 6.07) is 10.9. The third kappa shape index (κ3) is 4.52. The summed E-state index contributed by atoms with van der Waals surface area (Å²) in [5, 5.41) is 14.1. The van der Waals surface area contributed by atoms with Gasteiger partial charge in [-0.2, -0.15) is 5.10 Å². The number of nitrogens with one attached hydrogen (secondary N) is 3. The van der Waals surface area contributed by atoms with E-state index in [0.29, 0.717) is 19.0 Å². The molecule has 9 nitrogen and oxygen atoms in total. The number of nitrogens with zero attached hydrogens (tertiary/aromatic N) is 3. The zero-order valence-corrected chi connectivity index (χ0v) is 17.1. The first kappa shape index (κ1) is 20.1. The molecule has 3 aromatic rings. The number of fused-ring (bicyclic) bond motifs is 1. The average molecular weight is 410 g/mol. The maximum Gasteiger partial charge on any atom is 0.320 e. The summed E-state index contributed by atoms with van der Waals surface area (Å²) in [6.07, 6.45) is 1.89. The van der Waals surface area contributed by atoms with Crippen LogP contribution in [0.5, 0.6) is 0 Å². The highest BCUT2D eigenvalue weighted by atomic mass is 16.5. The Labute approximate surface area is 174 Å². The maximum atomic E-state index is 12.5. The second-order valence-electron chi connectivity index (χ2n) is 7.31. The van der Waals surface area contributed by atoms with Crippen molar-refractivity contribution in [1.82, 2.24) is 20.5 Å². The number of urea groups is 1. The molecule has 1 fully saturated rings. The molecule has 0 radical (unpaired) electrons. The Hall–Kier alpha value is -3.17. The molecule has 0 unspecified atom stereocenters. The molecule has 0 spiro atoms. The molecule has 1 saturated heterocycles. The van der Waals surface area contributed by atoms with Gasteiger partial charge in [-0.15, -0.1) is 0 Å². The molecule has 0 saturated carbocycles. The van der Waals surface area contributed by atoms with Gasteiger partial charge in [0.25, 0.3) is 0 Å². The zero-order chi connectivity index (χ0) is 20.9. The Morgan fingerprint density at radius 2 is 2.23 bits per heavy atom. The highest BCUT2D eigenvalue weighted by Crippen LogP contribution is 2.26. The monoisotopic (exact) mass is 410 g/mol. The minimum Gasteiger partial charge on any atom is -0.382 e. The Balaban J connectivity index is 1.45. The van der Waals surface area contributed by atoms with E-state index in [4.69, 9.17) is 9.47 Å². The van der Waals surface area contributed by atoms with Crippen molar-refractivity contribution >= 4 is 28.6 Å². The van der Waals surface area contributed by atoms with Crippen LogP contribution in [-0.4, -0.2) is 60.7 Å². The summed E-state index contributed by atoms with van der Waals surface area (Å²) in [4.78, 5) is 19.1. The van der Waals surface area contributed by atoms with Gasteiger partial charge in [-0.1, -0.05) is 30.3 Å². The Bertz CT molecular complexity index is 993. The van der Waals surface area contributed by atoms with Crippen molar-refractivity contribution < 1.29 is 14.3 Å². The van der Waals surface area contributed by atoms with Gasteiger partial charge in [-0.3, -0.25) is 10.4 Å². The second kappa shape index (κ2) is 9.10. The number of carbonyl (C=O) groups is 1. The summed E-state index contributed by atoms with van der Waals surface area (Å²) in [5.74, 6) is 1.29. The second-order valence-corrected chi connectivity index (χ2v) is 7.31. The number of H-pyrrole nitrogens is 1. The number of methoxy groups -OCH3 is 1. The minimum absolute atomic E-state index is 0.160. The summed E-state index contributed by atoms with van der Waals surface area (Å²) in [7, 11) is 1.61. The fourth-order valence-corrected chi connectivity index (χ4v) is 3.60. The van der Waals surface area contributed by atoms with Crippen molar-refractivity contribution in [3.8, 4) is 0 Å². The number of amides is 2. The van der Waals surface area contributed by atoms with Crippen molar-refractivity contribution in [3.05, 3.63) is 48.2 Å². The summed E-state index contributed by atoms with van der Waals surface area (Å²) >= 11 is 0. The molecular formula is C21H26N6O3. The zero-order valence-electron chi connectivity index (χ0n) is 17.1. The highest BCUT2D eigenvalue weighted by molar-refractivity contribution is 5.94. The van der Waals surface area contributed by atoms with Crippen molar-refractivity contribution in [2.24, 2.45) is 0 Å². The Morgan fingerprint density at radius 3 is 3.00 bits per heavy atom. The number of ether oxygens (including phenoxy) is 2. The van der Waals surface area contributed by atoms with Gasteiger partial charge in [0.05, 0.1) is 36.3 Å². The molecule has 3 N–H and O–H groups in total. The fraction of sp³-hybridized carbons (Fsp3) is 0.381. The largest absolute Gasteiger partial charge is 0.382 e. The van der Waals surface area contributed by atoms with Gasteiger partial charge < -0.3 is 19.7 Å². The molecule has 4 rings (SSSR count). The highest BCUT2D eigenvalue weighted by Gasteiger charge is 2.21. The van der Waals surface area contributed by atoms with E-state index in [-0.39, 0.29) is 18.2 Å². The number of morpholine rings is 1. The lowest BCUT2D eigenvalue weighted by Crippen LogP contribution is -2.41. The normalized spacial score (nSPS) is 17.7. The lowest BCUT2D eigenvalue weighted by molar-refractivity contribution is 0.0530. The molecular weight excluding hydrogens is 384 g/mol. The molecule has 1 aromatic carbocycles. The van der Waals surface area contributed by atoms with Crippen molar-refractivity contribution in [2.45, 2.75) is 19.1 Å². The number of pyridine rings is 1. The van der Waals surface area contributed by atoms with Crippen LogP contribution in [0.15, 0.2) is 42.6 Å². The molecule has 2 amide bonds. The predicted molar refractivity (Wildman–Crippen MR) is 115 cm³/mol. The molecule has 1 aliphatic heterocycles. The SMILES string of the molecule is COC[C@@H](NC(=O)Nc1cc2[nH]nc(N3CCO[C@@H](C)C3)c2cn1)c1ccccc1. The van der Waals surface area contributed by atoms with Crippen LogP contribution < -0.4 is 15.5 Å². The lowest BCUT2D eigenvalue weighted by atomic mass is 10.1. The van der Waals surface area contributed by atoms with E-state index in [0.717, 1.165) is 35.4 Å². The number of benzene rings is 1. The molecule has 2 atom stereocenters. The van der Waals surface area contributed by atoms with Gasteiger partial charge >= 0.3 is 6.03 Å².